The molecule has 0 aliphatic carbocycles. The summed E-state index contributed by atoms with van der Waals surface area (Å²) < 4.78 is 0. The molecule has 6 heteroatoms. The second-order valence-electron chi connectivity index (χ2n) is 22.5. The molecule has 0 radical (unpaired) electrons. The van der Waals surface area contributed by atoms with Gasteiger partial charge in [0.1, 0.15) is 12.2 Å². The molecule has 0 aromatic rings. The fourth-order valence-corrected chi connectivity index (χ4v) is 10.5. The van der Waals surface area contributed by atoms with Crippen molar-refractivity contribution in [3.8, 4) is 0 Å². The lowest BCUT2D eigenvalue weighted by Gasteiger charge is -2.27. The van der Waals surface area contributed by atoms with Gasteiger partial charge in [-0.3, -0.25) is 4.79 Å². The van der Waals surface area contributed by atoms with Crippen molar-refractivity contribution in [2.45, 2.75) is 385 Å². The van der Waals surface area contributed by atoms with Crippen molar-refractivity contribution in [3.05, 3.63) is 12.2 Å². The van der Waals surface area contributed by atoms with E-state index in [2.05, 4.69) is 31.3 Å². The lowest BCUT2D eigenvalue weighted by Crippen LogP contribution is -2.53. The zero-order valence-corrected chi connectivity index (χ0v) is 47.6. The Morgan fingerprint density at radius 2 is 0.571 bits per heavy atom. The lowest BCUT2D eigenvalue weighted by molar-refractivity contribution is -0.132. The summed E-state index contributed by atoms with van der Waals surface area (Å²) in [5.74, 6) is -0.576. The van der Waals surface area contributed by atoms with Crippen molar-refractivity contribution >= 4 is 5.91 Å². The number of hydrogen-bond acceptors (Lipinski definition) is 5. The number of carbonyl (C=O) groups is 1. The maximum absolute atomic E-state index is 12.6. The number of carbonyl (C=O) groups excluding carboxylic acids is 1. The fraction of sp³-hybridized carbons (Fsp3) is 0.953. The van der Waals surface area contributed by atoms with Gasteiger partial charge in [0.25, 0.3) is 0 Å². The smallest absolute Gasteiger partial charge is 0.249 e. The molecule has 1 amide bonds. The Morgan fingerprint density at radius 3 is 0.829 bits per heavy atom. The van der Waals surface area contributed by atoms with Crippen LogP contribution in [0, 0.1) is 0 Å². The first kappa shape index (κ1) is 69.0. The summed E-state index contributed by atoms with van der Waals surface area (Å²) in [7, 11) is 0. The van der Waals surface area contributed by atoms with Gasteiger partial charge in [0.05, 0.1) is 18.8 Å². The zero-order chi connectivity index (χ0) is 50.9. The molecule has 0 aliphatic heterocycles. The minimum Gasteiger partial charge on any atom is -0.394 e. The molecular formula is C64H127NO5. The first-order valence-corrected chi connectivity index (χ1v) is 32.1. The highest BCUT2D eigenvalue weighted by Crippen LogP contribution is 2.19. The van der Waals surface area contributed by atoms with Gasteiger partial charge in [0.2, 0.25) is 5.91 Å². The predicted octanol–water partition coefficient (Wildman–Crippen LogP) is 19.2. The van der Waals surface area contributed by atoms with E-state index in [0.717, 1.165) is 38.5 Å². The van der Waals surface area contributed by atoms with Gasteiger partial charge in [-0.25, -0.2) is 0 Å². The standard InChI is InChI=1S/C64H127NO5/c1-3-5-7-9-11-13-15-17-19-21-23-25-27-28-29-30-31-32-33-34-35-36-38-40-42-44-46-48-50-52-54-56-58-62(68)64(70)65-60(59-66)63(69)61(67)57-55-53-51-49-47-45-43-41-39-37-26-24-22-20-18-16-14-12-10-8-6-4-2/h28-29,60-63,66-69H,3-27,30-59H2,1-2H3,(H,65,70)/b29-28-. The van der Waals surface area contributed by atoms with Gasteiger partial charge in [-0.05, 0) is 38.5 Å². The van der Waals surface area contributed by atoms with Crippen LogP contribution in [0.4, 0.5) is 0 Å². The molecule has 0 spiro atoms. The second kappa shape index (κ2) is 58.9. The maximum atomic E-state index is 12.6. The molecular weight excluding hydrogens is 863 g/mol. The van der Waals surface area contributed by atoms with Crippen LogP contribution in [0.2, 0.25) is 0 Å². The average molecular weight is 991 g/mol. The van der Waals surface area contributed by atoms with Crippen molar-refractivity contribution in [1.82, 2.24) is 5.32 Å². The van der Waals surface area contributed by atoms with Crippen LogP contribution in [0.3, 0.4) is 0 Å². The van der Waals surface area contributed by atoms with E-state index < -0.39 is 36.9 Å². The highest BCUT2D eigenvalue weighted by atomic mass is 16.3. The summed E-state index contributed by atoms with van der Waals surface area (Å²) >= 11 is 0. The van der Waals surface area contributed by atoms with Gasteiger partial charge >= 0.3 is 0 Å². The highest BCUT2D eigenvalue weighted by molar-refractivity contribution is 5.80. The van der Waals surface area contributed by atoms with Crippen LogP contribution in [0.25, 0.3) is 0 Å². The summed E-state index contributed by atoms with van der Waals surface area (Å²) in [5, 5.41) is 44.1. The SMILES string of the molecule is CCCCCCCCCCCCCC/C=C\CCCCCCCCCCCCCCCCCCC(O)C(=O)NC(CO)C(O)C(O)CCCCCCCCCCCCCCCCCCCCCCCC. The second-order valence-corrected chi connectivity index (χ2v) is 22.5. The van der Waals surface area contributed by atoms with Crippen molar-refractivity contribution in [2.75, 3.05) is 6.61 Å². The Hall–Kier alpha value is -0.950. The van der Waals surface area contributed by atoms with Crippen molar-refractivity contribution < 1.29 is 25.2 Å². The van der Waals surface area contributed by atoms with Crippen LogP contribution in [0.5, 0.6) is 0 Å². The first-order valence-electron chi connectivity index (χ1n) is 32.1. The number of allylic oxidation sites excluding steroid dienone is 2. The van der Waals surface area contributed by atoms with Crippen molar-refractivity contribution in [3.63, 3.8) is 0 Å². The summed E-state index contributed by atoms with van der Waals surface area (Å²) in [4.78, 5) is 12.6. The Balaban J connectivity index is 3.54. The van der Waals surface area contributed by atoms with Gasteiger partial charge in [0, 0.05) is 0 Å². The average Bonchev–Trinajstić information content (AvgIpc) is 3.36. The molecule has 0 bridgehead atoms. The number of hydrogen-bond donors (Lipinski definition) is 5. The number of nitrogens with one attached hydrogen (secondary N) is 1. The van der Waals surface area contributed by atoms with Gasteiger partial charge in [-0.1, -0.05) is 334 Å². The molecule has 0 saturated heterocycles. The Morgan fingerprint density at radius 1 is 0.343 bits per heavy atom. The number of rotatable bonds is 60. The monoisotopic (exact) mass is 990 g/mol. The van der Waals surface area contributed by atoms with E-state index in [1.807, 2.05) is 0 Å². The minimum atomic E-state index is -1.26. The Bertz CT molecular complexity index is 1020. The molecule has 4 atom stereocenters. The predicted molar refractivity (Wildman–Crippen MR) is 307 cm³/mol. The molecule has 70 heavy (non-hydrogen) atoms. The van der Waals surface area contributed by atoms with E-state index in [1.54, 1.807) is 0 Å². The van der Waals surface area contributed by atoms with E-state index in [0.29, 0.717) is 12.8 Å². The third-order valence-corrected chi connectivity index (χ3v) is 15.5. The molecule has 6 nitrogen and oxygen atoms in total. The quantitative estimate of drug-likeness (QED) is 0.0308. The highest BCUT2D eigenvalue weighted by Gasteiger charge is 2.28. The number of amides is 1. The summed E-state index contributed by atoms with van der Waals surface area (Å²) in [6.45, 7) is 4.11. The topological polar surface area (TPSA) is 110 Å². The largest absolute Gasteiger partial charge is 0.394 e. The van der Waals surface area contributed by atoms with Crippen LogP contribution in [0.15, 0.2) is 12.2 Å². The molecule has 5 N–H and O–H groups in total. The maximum Gasteiger partial charge on any atom is 0.249 e. The van der Waals surface area contributed by atoms with Crippen LogP contribution < -0.4 is 5.32 Å². The van der Waals surface area contributed by atoms with Crippen LogP contribution in [-0.4, -0.2) is 57.3 Å². The summed E-state index contributed by atoms with van der Waals surface area (Å²) in [6.07, 6.45) is 71.7. The van der Waals surface area contributed by atoms with Gasteiger partial charge < -0.3 is 25.7 Å². The molecule has 0 aromatic carbocycles. The van der Waals surface area contributed by atoms with E-state index >= 15 is 0 Å². The van der Waals surface area contributed by atoms with Crippen LogP contribution in [0.1, 0.15) is 361 Å². The summed E-state index contributed by atoms with van der Waals surface area (Å²) in [5.41, 5.74) is 0. The molecule has 0 heterocycles. The van der Waals surface area contributed by atoms with Gasteiger partial charge in [0.15, 0.2) is 0 Å². The zero-order valence-electron chi connectivity index (χ0n) is 47.6. The number of aliphatic hydroxyl groups excluding tert-OH is 4. The van der Waals surface area contributed by atoms with E-state index in [-0.39, 0.29) is 0 Å². The number of aliphatic hydroxyl groups is 4. The molecule has 418 valence electrons. The minimum absolute atomic E-state index is 0.374. The van der Waals surface area contributed by atoms with E-state index in [4.69, 9.17) is 0 Å². The van der Waals surface area contributed by atoms with E-state index in [9.17, 15) is 25.2 Å². The lowest BCUT2D eigenvalue weighted by atomic mass is 9.99. The molecule has 0 saturated carbocycles. The molecule has 0 rings (SSSR count). The van der Waals surface area contributed by atoms with Gasteiger partial charge in [-0.2, -0.15) is 0 Å². The Kier molecular flexibility index (Phi) is 58.1. The van der Waals surface area contributed by atoms with Crippen molar-refractivity contribution in [2.24, 2.45) is 0 Å². The molecule has 0 aromatic heterocycles. The third-order valence-electron chi connectivity index (χ3n) is 15.5. The Labute approximate surface area is 438 Å². The van der Waals surface area contributed by atoms with Crippen LogP contribution >= 0.6 is 0 Å². The third kappa shape index (κ3) is 51.9. The van der Waals surface area contributed by atoms with E-state index in [1.165, 1.54) is 295 Å². The normalized spacial score (nSPS) is 13.6. The molecule has 4 unspecified atom stereocenters. The molecule has 0 aliphatic rings. The first-order chi connectivity index (χ1) is 34.5. The number of unbranched alkanes of at least 4 members (excludes halogenated alkanes) is 49. The summed E-state index contributed by atoms with van der Waals surface area (Å²) in [6, 6.07) is -0.983. The van der Waals surface area contributed by atoms with Gasteiger partial charge in [-0.15, -0.1) is 0 Å². The fourth-order valence-electron chi connectivity index (χ4n) is 10.5. The molecule has 0 fully saturated rings. The van der Waals surface area contributed by atoms with Crippen LogP contribution in [-0.2, 0) is 4.79 Å². The van der Waals surface area contributed by atoms with Crippen molar-refractivity contribution in [1.29, 1.82) is 0 Å².